The fourth-order valence-electron chi connectivity index (χ4n) is 2.08. The van der Waals surface area contributed by atoms with E-state index in [1.54, 1.807) is 6.26 Å². The number of nitrogens with two attached hydrogens (primary N) is 1. The molecule has 0 aliphatic rings. The minimum atomic E-state index is -0.253. The number of hydrogen-bond acceptors (Lipinski definition) is 3. The Bertz CT molecular complexity index is 688. The Balaban J connectivity index is 2.18. The van der Waals surface area contributed by atoms with Crippen molar-refractivity contribution in [2.24, 2.45) is 5.73 Å². The van der Waals surface area contributed by atoms with Gasteiger partial charge >= 0.3 is 0 Å². The quantitative estimate of drug-likeness (QED) is 0.786. The van der Waals surface area contributed by atoms with Crippen molar-refractivity contribution >= 4 is 26.7 Å². The number of aromatic nitrogens is 1. The molecule has 4 heteroatoms. The van der Waals surface area contributed by atoms with Gasteiger partial charge in [0.05, 0.1) is 12.3 Å². The molecule has 90 valence electrons. The zero-order valence-electron chi connectivity index (χ0n) is 9.51. The summed E-state index contributed by atoms with van der Waals surface area (Å²) in [6.45, 7) is 0. The van der Waals surface area contributed by atoms with Crippen molar-refractivity contribution in [3.8, 4) is 0 Å². The van der Waals surface area contributed by atoms with Crippen molar-refractivity contribution < 1.29 is 4.42 Å². The van der Waals surface area contributed by atoms with E-state index in [-0.39, 0.29) is 6.04 Å². The predicted molar refractivity (Wildman–Crippen MR) is 74.2 cm³/mol. The SMILES string of the molecule is NC(c1ccoc1Br)c1cncc2ccccc12. The normalized spacial score (nSPS) is 12.8. The Kier molecular flexibility index (Phi) is 2.89. The summed E-state index contributed by atoms with van der Waals surface area (Å²) in [5, 5.41) is 2.21. The zero-order valence-corrected chi connectivity index (χ0v) is 11.1. The van der Waals surface area contributed by atoms with E-state index in [1.807, 2.05) is 36.7 Å². The summed E-state index contributed by atoms with van der Waals surface area (Å²) in [6.07, 6.45) is 5.28. The van der Waals surface area contributed by atoms with Crippen LogP contribution in [-0.2, 0) is 0 Å². The monoisotopic (exact) mass is 302 g/mol. The Morgan fingerprint density at radius 2 is 1.94 bits per heavy atom. The fourth-order valence-corrected chi connectivity index (χ4v) is 2.57. The van der Waals surface area contributed by atoms with Crippen LogP contribution in [0.15, 0.2) is 58.1 Å². The van der Waals surface area contributed by atoms with Crippen LogP contribution in [0, 0.1) is 0 Å². The van der Waals surface area contributed by atoms with Gasteiger partial charge in [-0.2, -0.15) is 0 Å². The summed E-state index contributed by atoms with van der Waals surface area (Å²) in [6, 6.07) is 9.70. The maximum absolute atomic E-state index is 6.30. The number of pyridine rings is 1. The highest BCUT2D eigenvalue weighted by molar-refractivity contribution is 9.10. The van der Waals surface area contributed by atoms with Crippen molar-refractivity contribution in [1.82, 2.24) is 4.98 Å². The summed E-state index contributed by atoms with van der Waals surface area (Å²) < 4.78 is 5.90. The number of halogens is 1. The highest BCUT2D eigenvalue weighted by Crippen LogP contribution is 2.31. The van der Waals surface area contributed by atoms with Crippen molar-refractivity contribution in [1.29, 1.82) is 0 Å². The fraction of sp³-hybridized carbons (Fsp3) is 0.0714. The molecular formula is C14H11BrN2O. The van der Waals surface area contributed by atoms with Crippen LogP contribution < -0.4 is 5.73 Å². The molecule has 18 heavy (non-hydrogen) atoms. The van der Waals surface area contributed by atoms with E-state index >= 15 is 0 Å². The van der Waals surface area contributed by atoms with Gasteiger partial charge in [-0.15, -0.1) is 0 Å². The van der Waals surface area contributed by atoms with E-state index in [4.69, 9.17) is 10.2 Å². The Morgan fingerprint density at radius 3 is 2.72 bits per heavy atom. The maximum Gasteiger partial charge on any atom is 0.174 e. The zero-order chi connectivity index (χ0) is 12.5. The van der Waals surface area contributed by atoms with Crippen LogP contribution in [0.1, 0.15) is 17.2 Å². The first-order chi connectivity index (χ1) is 8.77. The van der Waals surface area contributed by atoms with Crippen LogP contribution >= 0.6 is 15.9 Å². The molecule has 2 aromatic heterocycles. The van der Waals surface area contributed by atoms with Gasteiger partial charge < -0.3 is 10.2 Å². The van der Waals surface area contributed by atoms with Gasteiger partial charge in [0.1, 0.15) is 0 Å². The minimum Gasteiger partial charge on any atom is -0.457 e. The lowest BCUT2D eigenvalue weighted by atomic mass is 9.98. The van der Waals surface area contributed by atoms with Crippen LogP contribution in [-0.4, -0.2) is 4.98 Å². The van der Waals surface area contributed by atoms with E-state index < -0.39 is 0 Å². The molecule has 0 aliphatic carbocycles. The molecule has 0 saturated heterocycles. The Morgan fingerprint density at radius 1 is 1.11 bits per heavy atom. The van der Waals surface area contributed by atoms with E-state index in [0.717, 1.165) is 21.9 Å². The van der Waals surface area contributed by atoms with Gasteiger partial charge in [-0.1, -0.05) is 24.3 Å². The molecule has 0 aliphatic heterocycles. The molecule has 0 amide bonds. The maximum atomic E-state index is 6.30. The van der Waals surface area contributed by atoms with E-state index in [0.29, 0.717) is 4.67 Å². The highest BCUT2D eigenvalue weighted by Gasteiger charge is 2.16. The number of rotatable bonds is 2. The Labute approximate surface area is 113 Å². The lowest BCUT2D eigenvalue weighted by molar-refractivity contribution is 0.535. The molecule has 1 unspecified atom stereocenters. The molecule has 0 bridgehead atoms. The second-order valence-electron chi connectivity index (χ2n) is 4.08. The van der Waals surface area contributed by atoms with Gasteiger partial charge in [0.15, 0.2) is 4.67 Å². The predicted octanol–water partition coefficient (Wildman–Crippen LogP) is 3.64. The molecule has 3 nitrogen and oxygen atoms in total. The summed E-state index contributed by atoms with van der Waals surface area (Å²) >= 11 is 3.36. The van der Waals surface area contributed by atoms with Crippen molar-refractivity contribution in [3.05, 3.63) is 64.8 Å². The summed E-state index contributed by atoms with van der Waals surface area (Å²) in [7, 11) is 0. The molecule has 0 spiro atoms. The number of benzene rings is 1. The van der Waals surface area contributed by atoms with E-state index in [1.165, 1.54) is 0 Å². The van der Waals surface area contributed by atoms with Gasteiger partial charge in [-0.05, 0) is 32.9 Å². The van der Waals surface area contributed by atoms with Gasteiger partial charge in [0.25, 0.3) is 0 Å². The standard InChI is InChI=1S/C14H11BrN2O/c15-14-11(5-6-18-14)13(16)12-8-17-7-9-3-1-2-4-10(9)12/h1-8,13H,16H2. The van der Waals surface area contributed by atoms with Crippen LogP contribution in [0.25, 0.3) is 10.8 Å². The molecule has 1 atom stereocenters. The minimum absolute atomic E-state index is 0.253. The number of hydrogen-bond donors (Lipinski definition) is 1. The molecule has 0 radical (unpaired) electrons. The highest BCUT2D eigenvalue weighted by atomic mass is 79.9. The lowest BCUT2D eigenvalue weighted by Gasteiger charge is -2.13. The summed E-state index contributed by atoms with van der Waals surface area (Å²) in [5.74, 6) is 0. The van der Waals surface area contributed by atoms with Gasteiger partial charge in [0.2, 0.25) is 0 Å². The molecule has 3 aromatic rings. The van der Waals surface area contributed by atoms with Crippen molar-refractivity contribution in [3.63, 3.8) is 0 Å². The summed E-state index contributed by atoms with van der Waals surface area (Å²) in [5.41, 5.74) is 8.22. The second-order valence-corrected chi connectivity index (χ2v) is 4.80. The van der Waals surface area contributed by atoms with Crippen LogP contribution in [0.4, 0.5) is 0 Å². The number of fused-ring (bicyclic) bond motifs is 1. The van der Waals surface area contributed by atoms with Crippen molar-refractivity contribution in [2.75, 3.05) is 0 Å². The molecule has 3 rings (SSSR count). The van der Waals surface area contributed by atoms with Crippen molar-refractivity contribution in [2.45, 2.75) is 6.04 Å². The van der Waals surface area contributed by atoms with Crippen LogP contribution in [0.3, 0.4) is 0 Å². The smallest absolute Gasteiger partial charge is 0.174 e. The van der Waals surface area contributed by atoms with Crippen LogP contribution in [0.5, 0.6) is 0 Å². The first-order valence-electron chi connectivity index (χ1n) is 5.58. The molecule has 2 heterocycles. The van der Waals surface area contributed by atoms with Gasteiger partial charge in [-0.3, -0.25) is 4.98 Å². The summed E-state index contributed by atoms with van der Waals surface area (Å²) in [4.78, 5) is 4.25. The third-order valence-corrected chi connectivity index (χ3v) is 3.66. The number of furan rings is 1. The second kappa shape index (κ2) is 4.55. The third kappa shape index (κ3) is 1.83. The molecule has 2 N–H and O–H groups in total. The lowest BCUT2D eigenvalue weighted by Crippen LogP contribution is -2.12. The third-order valence-electron chi connectivity index (χ3n) is 3.02. The first kappa shape index (κ1) is 11.4. The average Bonchev–Trinajstić information content (AvgIpc) is 2.83. The van der Waals surface area contributed by atoms with Crippen LogP contribution in [0.2, 0.25) is 0 Å². The van der Waals surface area contributed by atoms with E-state index in [9.17, 15) is 0 Å². The van der Waals surface area contributed by atoms with Gasteiger partial charge in [0, 0.05) is 23.3 Å². The van der Waals surface area contributed by atoms with E-state index in [2.05, 4.69) is 27.0 Å². The first-order valence-corrected chi connectivity index (χ1v) is 6.38. The molecule has 0 fully saturated rings. The average molecular weight is 303 g/mol. The molecule has 1 aromatic carbocycles. The molecule has 0 saturated carbocycles. The Hall–Kier alpha value is -1.65. The molecular weight excluding hydrogens is 292 g/mol. The van der Waals surface area contributed by atoms with Gasteiger partial charge in [-0.25, -0.2) is 0 Å². The topological polar surface area (TPSA) is 52.0 Å². The largest absolute Gasteiger partial charge is 0.457 e. The number of nitrogens with zero attached hydrogens (tertiary/aromatic N) is 1.